The number of benzene rings is 1. The fourth-order valence-corrected chi connectivity index (χ4v) is 3.84. The number of carbonyl (C=O) groups excluding carboxylic acids is 1. The van der Waals surface area contributed by atoms with Crippen LogP contribution in [-0.4, -0.2) is 20.5 Å². The van der Waals surface area contributed by atoms with Crippen molar-refractivity contribution in [2.24, 2.45) is 0 Å². The average molecular weight is 437 g/mol. The maximum absolute atomic E-state index is 12.6. The zero-order chi connectivity index (χ0) is 20.6. The molecule has 0 atom stereocenters. The number of hydrogen-bond acceptors (Lipinski definition) is 4. The van der Waals surface area contributed by atoms with Gasteiger partial charge in [-0.05, 0) is 29.8 Å². The van der Waals surface area contributed by atoms with Gasteiger partial charge < -0.3 is 5.32 Å². The fourth-order valence-electron chi connectivity index (χ4n) is 2.75. The van der Waals surface area contributed by atoms with Crippen molar-refractivity contribution in [3.05, 3.63) is 75.3 Å². The Kier molecular flexibility index (Phi) is 5.01. The minimum atomic E-state index is -4.39. The summed E-state index contributed by atoms with van der Waals surface area (Å²) in [4.78, 5) is 16.8. The highest BCUT2D eigenvalue weighted by Crippen LogP contribution is 2.35. The summed E-state index contributed by atoms with van der Waals surface area (Å²) in [5.74, 6) is -0.459. The van der Waals surface area contributed by atoms with Gasteiger partial charge in [0.25, 0.3) is 5.91 Å². The second-order valence-electron chi connectivity index (χ2n) is 6.11. The predicted molar refractivity (Wildman–Crippen MR) is 104 cm³/mol. The third kappa shape index (κ3) is 3.96. The fraction of sp³-hybridized carbons (Fsp3) is 0.105. The number of fused-ring (bicyclic) bond motifs is 1. The summed E-state index contributed by atoms with van der Waals surface area (Å²) >= 11 is 7.32. The van der Waals surface area contributed by atoms with Crippen LogP contribution in [-0.2, 0) is 12.7 Å². The molecule has 0 bridgehead atoms. The molecule has 3 aromatic heterocycles. The molecule has 0 aliphatic rings. The van der Waals surface area contributed by atoms with E-state index in [4.69, 9.17) is 11.6 Å². The van der Waals surface area contributed by atoms with Crippen LogP contribution in [0.4, 0.5) is 13.2 Å². The maximum atomic E-state index is 12.6. The second kappa shape index (κ2) is 7.49. The first-order valence-corrected chi connectivity index (χ1v) is 9.56. The summed E-state index contributed by atoms with van der Waals surface area (Å²) in [6.45, 7) is 0.0697. The molecule has 148 valence electrons. The molecule has 3 heterocycles. The van der Waals surface area contributed by atoms with Gasteiger partial charge in [0.15, 0.2) is 5.01 Å². The first-order chi connectivity index (χ1) is 13.8. The average Bonchev–Trinajstić information content (AvgIpc) is 3.29. The van der Waals surface area contributed by atoms with Crippen molar-refractivity contribution >= 4 is 34.4 Å². The van der Waals surface area contributed by atoms with Crippen LogP contribution in [0.5, 0.6) is 0 Å². The van der Waals surface area contributed by atoms with Gasteiger partial charge in [-0.25, -0.2) is 9.50 Å². The number of nitrogens with zero attached hydrogens (tertiary/aromatic N) is 3. The van der Waals surface area contributed by atoms with Crippen LogP contribution in [0.2, 0.25) is 4.34 Å². The van der Waals surface area contributed by atoms with E-state index in [1.54, 1.807) is 16.9 Å². The van der Waals surface area contributed by atoms with Crippen molar-refractivity contribution in [2.75, 3.05) is 0 Å². The third-order valence-corrected chi connectivity index (χ3v) is 5.45. The van der Waals surface area contributed by atoms with Crippen LogP contribution < -0.4 is 5.32 Å². The molecule has 0 fully saturated rings. The van der Waals surface area contributed by atoms with Gasteiger partial charge >= 0.3 is 6.18 Å². The van der Waals surface area contributed by atoms with Crippen LogP contribution >= 0.6 is 22.9 Å². The van der Waals surface area contributed by atoms with Crippen LogP contribution in [0.3, 0.4) is 0 Å². The Hall–Kier alpha value is -2.91. The van der Waals surface area contributed by atoms with Crippen molar-refractivity contribution in [3.8, 4) is 11.3 Å². The SMILES string of the molecule is O=C(NCc1ccc(C(F)(F)F)cc1)c1nc(-c2cnn3ccccc23)c(Cl)s1. The van der Waals surface area contributed by atoms with Crippen LogP contribution in [0.1, 0.15) is 20.9 Å². The first kappa shape index (κ1) is 19.4. The Balaban J connectivity index is 1.49. The first-order valence-electron chi connectivity index (χ1n) is 8.36. The van der Waals surface area contributed by atoms with Gasteiger partial charge in [-0.3, -0.25) is 4.79 Å². The number of nitrogens with one attached hydrogen (secondary N) is 1. The van der Waals surface area contributed by atoms with E-state index in [9.17, 15) is 18.0 Å². The molecule has 29 heavy (non-hydrogen) atoms. The minimum absolute atomic E-state index is 0.0697. The molecule has 1 aromatic carbocycles. The number of alkyl halides is 3. The summed E-state index contributed by atoms with van der Waals surface area (Å²) in [7, 11) is 0. The Bertz CT molecular complexity index is 1180. The van der Waals surface area contributed by atoms with Gasteiger partial charge in [0.05, 0.1) is 17.3 Å². The lowest BCUT2D eigenvalue weighted by Crippen LogP contribution is -2.22. The lowest BCUT2D eigenvalue weighted by atomic mass is 10.1. The highest BCUT2D eigenvalue weighted by atomic mass is 35.5. The van der Waals surface area contributed by atoms with Gasteiger partial charge in [0.2, 0.25) is 0 Å². The quantitative estimate of drug-likeness (QED) is 0.486. The Morgan fingerprint density at radius 3 is 2.66 bits per heavy atom. The zero-order valence-corrected chi connectivity index (χ0v) is 16.1. The molecule has 10 heteroatoms. The molecule has 1 amide bonds. The van der Waals surface area contributed by atoms with E-state index >= 15 is 0 Å². The van der Waals surface area contributed by atoms with E-state index in [0.29, 0.717) is 21.2 Å². The third-order valence-electron chi connectivity index (χ3n) is 4.20. The van der Waals surface area contributed by atoms with E-state index in [0.717, 1.165) is 29.0 Å². The number of aromatic nitrogens is 3. The molecular weight excluding hydrogens is 425 g/mol. The number of rotatable bonds is 4. The van der Waals surface area contributed by atoms with Crippen molar-refractivity contribution in [3.63, 3.8) is 0 Å². The predicted octanol–water partition coefficient (Wildman–Crippen LogP) is 5.06. The summed E-state index contributed by atoms with van der Waals surface area (Å²) in [6.07, 6.45) is -0.981. The van der Waals surface area contributed by atoms with Gasteiger partial charge in [-0.1, -0.05) is 41.1 Å². The summed E-state index contributed by atoms with van der Waals surface area (Å²) in [6, 6.07) is 10.2. The van der Waals surface area contributed by atoms with Gasteiger partial charge in [-0.15, -0.1) is 0 Å². The highest BCUT2D eigenvalue weighted by Gasteiger charge is 2.30. The van der Waals surface area contributed by atoms with E-state index in [2.05, 4.69) is 15.4 Å². The van der Waals surface area contributed by atoms with Crippen molar-refractivity contribution < 1.29 is 18.0 Å². The molecule has 0 saturated heterocycles. The van der Waals surface area contributed by atoms with Crippen molar-refractivity contribution in [1.29, 1.82) is 0 Å². The number of pyridine rings is 1. The van der Waals surface area contributed by atoms with E-state index < -0.39 is 17.6 Å². The van der Waals surface area contributed by atoms with E-state index in [1.165, 1.54) is 12.1 Å². The molecular formula is C19H12ClF3N4OS. The molecule has 0 spiro atoms. The van der Waals surface area contributed by atoms with E-state index in [1.807, 2.05) is 18.2 Å². The molecule has 5 nitrogen and oxygen atoms in total. The molecule has 1 N–H and O–H groups in total. The molecule has 0 unspecified atom stereocenters. The van der Waals surface area contributed by atoms with Gasteiger partial charge in [-0.2, -0.15) is 18.3 Å². The minimum Gasteiger partial charge on any atom is -0.346 e. The van der Waals surface area contributed by atoms with Crippen LogP contribution in [0.25, 0.3) is 16.8 Å². The van der Waals surface area contributed by atoms with Crippen LogP contribution in [0.15, 0.2) is 54.9 Å². The molecule has 0 aliphatic carbocycles. The number of halogens is 4. The normalized spacial score (nSPS) is 11.7. The highest BCUT2D eigenvalue weighted by molar-refractivity contribution is 7.18. The number of thiazole rings is 1. The Morgan fingerprint density at radius 1 is 1.17 bits per heavy atom. The van der Waals surface area contributed by atoms with Gasteiger partial charge in [0, 0.05) is 18.3 Å². The van der Waals surface area contributed by atoms with Gasteiger partial charge in [0.1, 0.15) is 10.0 Å². The molecule has 0 saturated carbocycles. The Labute approximate surface area is 171 Å². The largest absolute Gasteiger partial charge is 0.416 e. The summed E-state index contributed by atoms with van der Waals surface area (Å²) in [5.41, 5.74) is 1.76. The summed E-state index contributed by atoms with van der Waals surface area (Å²) in [5, 5.41) is 7.04. The second-order valence-corrected chi connectivity index (χ2v) is 7.71. The Morgan fingerprint density at radius 2 is 1.93 bits per heavy atom. The zero-order valence-electron chi connectivity index (χ0n) is 14.6. The molecule has 0 aliphatic heterocycles. The lowest BCUT2D eigenvalue weighted by Gasteiger charge is -2.08. The molecule has 4 rings (SSSR count). The van der Waals surface area contributed by atoms with Crippen LogP contribution in [0, 0.1) is 0 Å². The molecule has 4 aromatic rings. The number of hydrogen-bond donors (Lipinski definition) is 1. The van der Waals surface area contributed by atoms with Crippen molar-refractivity contribution in [1.82, 2.24) is 19.9 Å². The topological polar surface area (TPSA) is 59.3 Å². The number of amides is 1. The van der Waals surface area contributed by atoms with E-state index in [-0.39, 0.29) is 11.6 Å². The van der Waals surface area contributed by atoms with Crippen molar-refractivity contribution in [2.45, 2.75) is 12.7 Å². The molecule has 0 radical (unpaired) electrons. The smallest absolute Gasteiger partial charge is 0.346 e. The standard InChI is InChI=1S/C19H12ClF3N4OS/c20-16-15(13-10-25-27-8-2-1-3-14(13)27)26-18(29-16)17(28)24-9-11-4-6-12(7-5-11)19(21,22)23/h1-8,10H,9H2,(H,24,28). The summed E-state index contributed by atoms with van der Waals surface area (Å²) < 4.78 is 39.9. The monoisotopic (exact) mass is 436 g/mol. The maximum Gasteiger partial charge on any atom is 0.416 e. The number of carbonyl (C=O) groups is 1. The lowest BCUT2D eigenvalue weighted by molar-refractivity contribution is -0.137.